The van der Waals surface area contributed by atoms with Crippen LogP contribution in [0.25, 0.3) is 0 Å². The highest BCUT2D eigenvalue weighted by Gasteiger charge is 2.29. The number of sulfonamides is 1. The summed E-state index contributed by atoms with van der Waals surface area (Å²) in [5.41, 5.74) is 1.49. The summed E-state index contributed by atoms with van der Waals surface area (Å²) in [6, 6.07) is 8.54. The Bertz CT molecular complexity index is 816. The second kappa shape index (κ2) is 12.0. The van der Waals surface area contributed by atoms with Gasteiger partial charge in [-0.05, 0) is 32.4 Å². The number of nitrogens with zero attached hydrogens (tertiary/aromatic N) is 2. The first kappa shape index (κ1) is 23.5. The van der Waals surface area contributed by atoms with Gasteiger partial charge in [-0.15, -0.1) is 0 Å². The van der Waals surface area contributed by atoms with E-state index >= 15 is 0 Å². The summed E-state index contributed by atoms with van der Waals surface area (Å²) < 4.78 is 33.2. The van der Waals surface area contributed by atoms with Gasteiger partial charge in [0.15, 0.2) is 0 Å². The summed E-state index contributed by atoms with van der Waals surface area (Å²) in [6.45, 7) is 6.33. The molecule has 0 bridgehead atoms. The maximum Gasteiger partial charge on any atom is 0.266 e. The lowest BCUT2D eigenvalue weighted by Crippen LogP contribution is -2.32. The molecule has 5 nitrogen and oxygen atoms in total. The van der Waals surface area contributed by atoms with Gasteiger partial charge in [-0.2, -0.15) is 0 Å². The van der Waals surface area contributed by atoms with Gasteiger partial charge in [-0.3, -0.25) is 0 Å². The molecule has 0 N–H and O–H groups in total. The Kier molecular flexibility index (Phi) is 9.71. The molecule has 6 heteroatoms. The van der Waals surface area contributed by atoms with Crippen LogP contribution in [0.1, 0.15) is 82.4 Å². The monoisotopic (exact) mass is 420 g/mol. The Hall–Kier alpha value is -1.82. The van der Waals surface area contributed by atoms with Crippen molar-refractivity contribution in [3.63, 3.8) is 0 Å². The van der Waals surface area contributed by atoms with Crippen molar-refractivity contribution in [3.8, 4) is 0 Å². The van der Waals surface area contributed by atoms with Crippen LogP contribution in [0.3, 0.4) is 0 Å². The molecule has 0 amide bonds. The first-order valence-corrected chi connectivity index (χ1v) is 12.4. The molecule has 0 saturated heterocycles. The number of rotatable bonds is 14. The summed E-state index contributed by atoms with van der Waals surface area (Å²) in [5.74, 6) is 0.335. The number of hydrogen-bond acceptors (Lipinski definition) is 4. The van der Waals surface area contributed by atoms with Gasteiger partial charge in [0.1, 0.15) is 0 Å². The maximum absolute atomic E-state index is 13.2. The molecular weight excluding hydrogens is 384 g/mol. The minimum atomic E-state index is -3.67. The van der Waals surface area contributed by atoms with Gasteiger partial charge in [-0.1, -0.05) is 88.1 Å². The maximum atomic E-state index is 13.2. The quantitative estimate of drug-likeness (QED) is 0.331. The van der Waals surface area contributed by atoms with E-state index in [9.17, 15) is 8.42 Å². The highest BCUT2D eigenvalue weighted by molar-refractivity contribution is 7.92. The molecule has 0 atom stereocenters. The lowest BCUT2D eigenvalue weighted by atomic mass is 10.1. The summed E-state index contributed by atoms with van der Waals surface area (Å²) in [7, 11) is -3.67. The van der Waals surface area contributed by atoms with Crippen LogP contribution in [-0.4, -0.2) is 20.1 Å². The normalized spacial score (nSPS) is 11.7. The molecule has 162 valence electrons. The molecule has 0 radical (unpaired) electrons. The van der Waals surface area contributed by atoms with Crippen LogP contribution in [0.2, 0.25) is 0 Å². The summed E-state index contributed by atoms with van der Waals surface area (Å²) in [4.78, 5) is 0.278. The zero-order valence-electron chi connectivity index (χ0n) is 18.2. The number of benzene rings is 1. The second-order valence-electron chi connectivity index (χ2n) is 7.77. The van der Waals surface area contributed by atoms with Crippen LogP contribution in [0.5, 0.6) is 0 Å². The first-order chi connectivity index (χ1) is 14.0. The smallest absolute Gasteiger partial charge is 0.266 e. The van der Waals surface area contributed by atoms with Gasteiger partial charge < -0.3 is 4.52 Å². The van der Waals surface area contributed by atoms with Gasteiger partial charge in [0, 0.05) is 12.1 Å². The van der Waals surface area contributed by atoms with Crippen molar-refractivity contribution in [1.82, 2.24) is 5.16 Å². The van der Waals surface area contributed by atoms with Crippen molar-refractivity contribution >= 4 is 15.9 Å². The molecular formula is C23H36N2O3S. The number of hydrogen-bond donors (Lipinski definition) is 0. The van der Waals surface area contributed by atoms with Crippen molar-refractivity contribution < 1.29 is 12.9 Å². The standard InChI is InChI=1S/C23H36N2O3S/c1-4-5-6-7-8-9-10-11-12-16-19-25(23-20(2)21(3)24-28-23)29(26,27)22-17-14-13-15-18-22/h13-15,17-18H,4-12,16,19H2,1-3H3. The molecule has 1 heterocycles. The molecule has 0 saturated carbocycles. The van der Waals surface area contributed by atoms with Crippen molar-refractivity contribution in [2.45, 2.75) is 89.9 Å². The Morgan fingerprint density at radius 1 is 0.862 bits per heavy atom. The van der Waals surface area contributed by atoms with E-state index in [2.05, 4.69) is 12.1 Å². The summed E-state index contributed by atoms with van der Waals surface area (Å²) in [5, 5.41) is 3.96. The third-order valence-corrected chi connectivity index (χ3v) is 7.20. The van der Waals surface area contributed by atoms with E-state index in [0.29, 0.717) is 12.4 Å². The molecule has 2 rings (SSSR count). The number of aromatic nitrogens is 1. The molecule has 0 aliphatic rings. The van der Waals surface area contributed by atoms with E-state index < -0.39 is 10.0 Å². The Labute approximate surface area is 176 Å². The Balaban J connectivity index is 1.92. The lowest BCUT2D eigenvalue weighted by Gasteiger charge is -2.22. The van der Waals surface area contributed by atoms with Crippen LogP contribution in [0.4, 0.5) is 5.88 Å². The highest BCUT2D eigenvalue weighted by atomic mass is 32.2. The van der Waals surface area contributed by atoms with E-state index in [0.717, 1.165) is 30.5 Å². The minimum Gasteiger partial charge on any atom is -0.337 e. The van der Waals surface area contributed by atoms with Crippen LogP contribution in [0.15, 0.2) is 39.8 Å². The SMILES string of the molecule is CCCCCCCCCCCCN(c1onc(C)c1C)S(=O)(=O)c1ccccc1. The minimum absolute atomic E-state index is 0.278. The molecule has 0 unspecified atom stereocenters. The number of unbranched alkanes of at least 4 members (excludes halogenated alkanes) is 9. The van der Waals surface area contributed by atoms with Gasteiger partial charge in [0.25, 0.3) is 10.0 Å². The third kappa shape index (κ3) is 6.88. The van der Waals surface area contributed by atoms with Gasteiger partial charge in [-0.25, -0.2) is 12.7 Å². The fourth-order valence-corrected chi connectivity index (χ4v) is 4.94. The molecule has 0 aliphatic heterocycles. The Morgan fingerprint density at radius 2 is 1.41 bits per heavy atom. The first-order valence-electron chi connectivity index (χ1n) is 11.0. The van der Waals surface area contributed by atoms with Crippen LogP contribution >= 0.6 is 0 Å². The highest BCUT2D eigenvalue weighted by Crippen LogP contribution is 2.29. The Morgan fingerprint density at radius 3 is 1.93 bits per heavy atom. The van der Waals surface area contributed by atoms with Crippen molar-refractivity contribution in [3.05, 3.63) is 41.6 Å². The second-order valence-corrected chi connectivity index (χ2v) is 9.63. The van der Waals surface area contributed by atoms with Crippen LogP contribution in [-0.2, 0) is 10.0 Å². The van der Waals surface area contributed by atoms with Crippen LogP contribution in [0, 0.1) is 13.8 Å². The third-order valence-electron chi connectivity index (χ3n) is 5.41. The molecule has 0 aliphatic carbocycles. The molecule has 2 aromatic rings. The zero-order chi connectivity index (χ0) is 21.1. The van der Waals surface area contributed by atoms with E-state index in [1.54, 1.807) is 24.3 Å². The van der Waals surface area contributed by atoms with E-state index in [1.165, 1.54) is 49.3 Å². The van der Waals surface area contributed by atoms with E-state index in [-0.39, 0.29) is 4.90 Å². The number of anilines is 1. The van der Waals surface area contributed by atoms with Gasteiger partial charge in [0.05, 0.1) is 10.6 Å². The summed E-state index contributed by atoms with van der Waals surface area (Å²) >= 11 is 0. The molecule has 1 aromatic heterocycles. The van der Waals surface area contributed by atoms with Crippen molar-refractivity contribution in [1.29, 1.82) is 0 Å². The fourth-order valence-electron chi connectivity index (χ4n) is 3.43. The van der Waals surface area contributed by atoms with E-state index in [4.69, 9.17) is 4.52 Å². The predicted molar refractivity (Wildman–Crippen MR) is 119 cm³/mol. The topological polar surface area (TPSA) is 63.4 Å². The average molecular weight is 421 g/mol. The van der Waals surface area contributed by atoms with Gasteiger partial charge in [0.2, 0.25) is 5.88 Å². The molecule has 29 heavy (non-hydrogen) atoms. The fraction of sp³-hybridized carbons (Fsp3) is 0.609. The molecule has 0 fully saturated rings. The summed E-state index contributed by atoms with van der Waals surface area (Å²) in [6.07, 6.45) is 12.1. The number of aryl methyl sites for hydroxylation is 1. The lowest BCUT2D eigenvalue weighted by molar-refractivity contribution is 0.417. The molecule has 0 spiro atoms. The van der Waals surface area contributed by atoms with Crippen LogP contribution < -0.4 is 4.31 Å². The van der Waals surface area contributed by atoms with Crippen molar-refractivity contribution in [2.24, 2.45) is 0 Å². The van der Waals surface area contributed by atoms with Crippen molar-refractivity contribution in [2.75, 3.05) is 10.8 Å². The largest absolute Gasteiger partial charge is 0.337 e. The zero-order valence-corrected chi connectivity index (χ0v) is 19.0. The predicted octanol–water partition coefficient (Wildman–Crippen LogP) is 6.41. The molecule has 1 aromatic carbocycles. The van der Waals surface area contributed by atoms with E-state index in [1.807, 2.05) is 19.9 Å². The van der Waals surface area contributed by atoms with Gasteiger partial charge >= 0.3 is 0 Å². The average Bonchev–Trinajstić information content (AvgIpc) is 3.05.